The summed E-state index contributed by atoms with van der Waals surface area (Å²) in [5.41, 5.74) is 2.02. The predicted molar refractivity (Wildman–Crippen MR) is 103 cm³/mol. The summed E-state index contributed by atoms with van der Waals surface area (Å²) in [4.78, 5) is 32.8. The van der Waals surface area contributed by atoms with Crippen LogP contribution in [0.3, 0.4) is 0 Å². The van der Waals surface area contributed by atoms with Crippen molar-refractivity contribution in [3.63, 3.8) is 0 Å². The fraction of sp³-hybridized carbons (Fsp3) is 0.200. The summed E-state index contributed by atoms with van der Waals surface area (Å²) in [7, 11) is 0. The van der Waals surface area contributed by atoms with E-state index in [1.165, 1.54) is 17.0 Å². The van der Waals surface area contributed by atoms with Gasteiger partial charge in [0.05, 0.1) is 18.6 Å². The highest BCUT2D eigenvalue weighted by Crippen LogP contribution is 2.19. The van der Waals surface area contributed by atoms with Gasteiger partial charge in [0.15, 0.2) is 0 Å². The number of rotatable bonds is 6. The molecule has 0 atom stereocenters. The molecule has 0 aliphatic carbocycles. The highest BCUT2D eigenvalue weighted by Gasteiger charge is 2.08. The molecule has 0 saturated carbocycles. The number of ether oxygens (including phenoxy) is 1. The quantitative estimate of drug-likeness (QED) is 0.727. The van der Waals surface area contributed by atoms with Crippen molar-refractivity contribution in [1.82, 2.24) is 14.5 Å². The van der Waals surface area contributed by atoms with Crippen molar-refractivity contribution in [1.29, 1.82) is 0 Å². The fourth-order valence-electron chi connectivity index (χ4n) is 2.53. The van der Waals surface area contributed by atoms with Crippen LogP contribution in [0.2, 0.25) is 0 Å². The van der Waals surface area contributed by atoms with Crippen molar-refractivity contribution in [3.8, 4) is 17.0 Å². The molecule has 27 heavy (non-hydrogen) atoms. The number of pyridine rings is 1. The summed E-state index contributed by atoms with van der Waals surface area (Å²) in [5, 5.41) is 2.67. The first-order valence-electron chi connectivity index (χ1n) is 8.57. The smallest absolute Gasteiger partial charge is 0.254 e. The number of aromatic nitrogens is 3. The lowest BCUT2D eigenvalue weighted by atomic mass is 10.1. The Labute approximate surface area is 156 Å². The summed E-state index contributed by atoms with van der Waals surface area (Å²) < 4.78 is 6.66. The molecule has 3 aromatic rings. The largest absolute Gasteiger partial charge is 0.494 e. The van der Waals surface area contributed by atoms with E-state index in [2.05, 4.69) is 15.3 Å². The third kappa shape index (κ3) is 4.78. The maximum Gasteiger partial charge on any atom is 0.254 e. The summed E-state index contributed by atoms with van der Waals surface area (Å²) in [5.74, 6) is 0.869. The van der Waals surface area contributed by atoms with Crippen molar-refractivity contribution in [2.75, 3.05) is 11.9 Å². The van der Waals surface area contributed by atoms with Crippen LogP contribution in [-0.2, 0) is 11.3 Å². The fourth-order valence-corrected chi connectivity index (χ4v) is 2.53. The van der Waals surface area contributed by atoms with Crippen LogP contribution in [0, 0.1) is 6.92 Å². The van der Waals surface area contributed by atoms with Gasteiger partial charge in [-0.15, -0.1) is 0 Å². The number of hydrogen-bond acceptors (Lipinski definition) is 5. The van der Waals surface area contributed by atoms with Crippen LogP contribution >= 0.6 is 0 Å². The van der Waals surface area contributed by atoms with E-state index in [0.717, 1.165) is 16.9 Å². The van der Waals surface area contributed by atoms with Crippen LogP contribution in [-0.4, -0.2) is 27.0 Å². The topological polar surface area (TPSA) is 86.1 Å². The first kappa shape index (κ1) is 18.3. The van der Waals surface area contributed by atoms with Crippen LogP contribution in [0.1, 0.15) is 12.5 Å². The van der Waals surface area contributed by atoms with Gasteiger partial charge >= 0.3 is 0 Å². The van der Waals surface area contributed by atoms with E-state index < -0.39 is 0 Å². The molecule has 0 aliphatic heterocycles. The van der Waals surface area contributed by atoms with E-state index in [1.807, 2.05) is 44.2 Å². The number of carbonyl (C=O) groups is 1. The van der Waals surface area contributed by atoms with Gasteiger partial charge in [-0.25, -0.2) is 9.97 Å². The molecule has 1 N–H and O–H groups in total. The Morgan fingerprint density at radius 3 is 2.59 bits per heavy atom. The number of hydrogen-bond donors (Lipinski definition) is 1. The van der Waals surface area contributed by atoms with Crippen LogP contribution in [0.15, 0.2) is 59.8 Å². The van der Waals surface area contributed by atoms with Crippen molar-refractivity contribution < 1.29 is 9.53 Å². The third-order valence-electron chi connectivity index (χ3n) is 3.84. The Kier molecular flexibility index (Phi) is 5.61. The monoisotopic (exact) mass is 364 g/mol. The number of nitrogens with one attached hydrogen (secondary N) is 1. The van der Waals surface area contributed by atoms with Crippen molar-refractivity contribution >= 4 is 11.7 Å². The molecule has 0 aliphatic rings. The van der Waals surface area contributed by atoms with Gasteiger partial charge in [-0.2, -0.15) is 0 Å². The van der Waals surface area contributed by atoms with E-state index in [9.17, 15) is 9.59 Å². The first-order chi connectivity index (χ1) is 13.0. The molecule has 7 nitrogen and oxygen atoms in total. The van der Waals surface area contributed by atoms with Gasteiger partial charge in [0.1, 0.15) is 18.1 Å². The summed E-state index contributed by atoms with van der Waals surface area (Å²) in [6.45, 7) is 4.28. The number of nitrogens with zero attached hydrogens (tertiary/aromatic N) is 3. The number of amides is 1. The van der Waals surface area contributed by atoms with Gasteiger partial charge in [-0.3, -0.25) is 14.2 Å². The Balaban J connectivity index is 1.71. The SMILES string of the molecule is CCOc1ccc(-c2cc(=O)n(CC(=O)Nc3cc(C)ccn3)cn2)cc1. The van der Waals surface area contributed by atoms with E-state index in [4.69, 9.17) is 4.74 Å². The molecular formula is C20H20N4O3. The van der Waals surface area contributed by atoms with Crippen molar-refractivity contribution in [2.24, 2.45) is 0 Å². The van der Waals surface area contributed by atoms with Gasteiger partial charge in [-0.1, -0.05) is 0 Å². The van der Waals surface area contributed by atoms with Crippen molar-refractivity contribution in [3.05, 3.63) is 70.9 Å². The van der Waals surface area contributed by atoms with Gasteiger partial charge in [0.25, 0.3) is 5.56 Å². The Morgan fingerprint density at radius 2 is 1.93 bits per heavy atom. The second kappa shape index (κ2) is 8.27. The molecule has 2 aromatic heterocycles. The second-order valence-corrected chi connectivity index (χ2v) is 5.96. The van der Waals surface area contributed by atoms with E-state index >= 15 is 0 Å². The molecule has 0 radical (unpaired) electrons. The Morgan fingerprint density at radius 1 is 1.15 bits per heavy atom. The third-order valence-corrected chi connectivity index (χ3v) is 3.84. The number of aryl methyl sites for hydroxylation is 1. The van der Waals surface area contributed by atoms with E-state index in [1.54, 1.807) is 12.3 Å². The summed E-state index contributed by atoms with van der Waals surface area (Å²) in [6, 6.07) is 12.3. The number of anilines is 1. The zero-order valence-corrected chi connectivity index (χ0v) is 15.2. The predicted octanol–water partition coefficient (Wildman–Crippen LogP) is 2.65. The molecular weight excluding hydrogens is 344 g/mol. The molecule has 0 bridgehead atoms. The molecule has 138 valence electrons. The van der Waals surface area contributed by atoms with Gasteiger partial charge < -0.3 is 10.1 Å². The van der Waals surface area contributed by atoms with Gasteiger partial charge in [0, 0.05) is 17.8 Å². The molecule has 1 aromatic carbocycles. The average Bonchev–Trinajstić information content (AvgIpc) is 2.64. The average molecular weight is 364 g/mol. The lowest BCUT2D eigenvalue weighted by Crippen LogP contribution is -2.27. The van der Waals surface area contributed by atoms with Crippen molar-refractivity contribution in [2.45, 2.75) is 20.4 Å². The molecule has 0 saturated heterocycles. The first-order valence-corrected chi connectivity index (χ1v) is 8.57. The Hall–Kier alpha value is -3.48. The lowest BCUT2D eigenvalue weighted by molar-refractivity contribution is -0.116. The maximum atomic E-state index is 12.3. The molecule has 3 rings (SSSR count). The molecule has 1 amide bonds. The summed E-state index contributed by atoms with van der Waals surface area (Å²) >= 11 is 0. The molecule has 0 unspecified atom stereocenters. The van der Waals surface area contributed by atoms with Gasteiger partial charge in [-0.05, 0) is 55.8 Å². The van der Waals surface area contributed by atoms with Gasteiger partial charge in [0.2, 0.25) is 5.91 Å². The normalized spacial score (nSPS) is 10.4. The highest BCUT2D eigenvalue weighted by atomic mass is 16.5. The minimum atomic E-state index is -0.342. The van der Waals surface area contributed by atoms with Crippen LogP contribution < -0.4 is 15.6 Å². The summed E-state index contributed by atoms with van der Waals surface area (Å²) in [6.07, 6.45) is 2.99. The number of benzene rings is 1. The second-order valence-electron chi connectivity index (χ2n) is 5.96. The van der Waals surface area contributed by atoms with E-state index in [-0.39, 0.29) is 18.0 Å². The van der Waals surface area contributed by atoms with Crippen LogP contribution in [0.25, 0.3) is 11.3 Å². The van der Waals surface area contributed by atoms with E-state index in [0.29, 0.717) is 18.1 Å². The molecule has 2 heterocycles. The van der Waals surface area contributed by atoms with Crippen LogP contribution in [0.5, 0.6) is 5.75 Å². The molecule has 0 fully saturated rings. The molecule has 7 heteroatoms. The Bertz CT molecular complexity index is 997. The van der Waals surface area contributed by atoms with Crippen LogP contribution in [0.4, 0.5) is 5.82 Å². The minimum Gasteiger partial charge on any atom is -0.494 e. The zero-order chi connectivity index (χ0) is 19.2. The molecule has 0 spiro atoms. The highest BCUT2D eigenvalue weighted by molar-refractivity contribution is 5.89. The minimum absolute atomic E-state index is 0.134. The maximum absolute atomic E-state index is 12.3. The number of carbonyl (C=O) groups excluding carboxylic acids is 1. The zero-order valence-electron chi connectivity index (χ0n) is 15.2. The lowest BCUT2D eigenvalue weighted by Gasteiger charge is -2.08. The standard InChI is InChI=1S/C20H20N4O3/c1-3-27-16-6-4-15(5-7-16)17-11-20(26)24(13-22-17)12-19(25)23-18-10-14(2)8-9-21-18/h4-11,13H,3,12H2,1-2H3,(H,21,23,25).